The highest BCUT2D eigenvalue weighted by Gasteiger charge is 2.48. The summed E-state index contributed by atoms with van der Waals surface area (Å²) in [5.74, 6) is -0.523. The molecule has 182 valence electrons. The molecule has 0 aliphatic carbocycles. The lowest BCUT2D eigenvalue weighted by Gasteiger charge is -2.53. The number of aromatic amines is 1. The molecule has 2 aliphatic heterocycles. The summed E-state index contributed by atoms with van der Waals surface area (Å²) < 4.78 is 15.5. The first-order valence-corrected chi connectivity index (χ1v) is 12.1. The number of likely N-dealkylation sites (tertiary alicyclic amines) is 2. The maximum absolute atomic E-state index is 13.5. The van der Waals surface area contributed by atoms with Crippen molar-refractivity contribution in [3.8, 4) is 17.3 Å². The Morgan fingerprint density at radius 3 is 2.83 bits per heavy atom. The molecule has 2 fully saturated rings. The van der Waals surface area contributed by atoms with Crippen molar-refractivity contribution in [3.63, 3.8) is 0 Å². The first-order valence-electron chi connectivity index (χ1n) is 12.1. The maximum Gasteiger partial charge on any atom is 0.253 e. The Morgan fingerprint density at radius 1 is 1.22 bits per heavy atom. The number of fused-ring (bicyclic) bond motifs is 1. The summed E-state index contributed by atoms with van der Waals surface area (Å²) in [4.78, 5) is 28.8. The number of aromatic nitrogens is 5. The zero-order valence-corrected chi connectivity index (χ0v) is 19.6. The van der Waals surface area contributed by atoms with Gasteiger partial charge in [0.2, 0.25) is 0 Å². The largest absolute Gasteiger partial charge is 0.346 e. The van der Waals surface area contributed by atoms with Crippen molar-refractivity contribution in [2.45, 2.75) is 30.8 Å². The third-order valence-electron chi connectivity index (χ3n) is 7.44. The van der Waals surface area contributed by atoms with Crippen molar-refractivity contribution >= 4 is 16.9 Å². The molecule has 0 atom stereocenters. The number of hydrogen-bond acceptors (Lipinski definition) is 6. The van der Waals surface area contributed by atoms with Crippen LogP contribution in [0.1, 0.15) is 29.6 Å². The molecule has 0 bridgehead atoms. The highest BCUT2D eigenvalue weighted by atomic mass is 19.1. The number of amides is 1. The molecule has 1 N–H and O–H groups in total. The van der Waals surface area contributed by atoms with Gasteiger partial charge in [0.15, 0.2) is 0 Å². The van der Waals surface area contributed by atoms with Gasteiger partial charge in [-0.25, -0.2) is 14.4 Å². The lowest BCUT2D eigenvalue weighted by molar-refractivity contribution is -0.0412. The zero-order valence-electron chi connectivity index (χ0n) is 19.6. The van der Waals surface area contributed by atoms with Crippen molar-refractivity contribution in [2.75, 3.05) is 26.2 Å². The van der Waals surface area contributed by atoms with Crippen LogP contribution in [-0.4, -0.2) is 72.7 Å². The number of carbonyl (C=O) groups excluding carboxylic acids is 1. The second kappa shape index (κ2) is 8.84. The quantitative estimate of drug-likeness (QED) is 0.466. The molecular weight excluding hydrogens is 459 g/mol. The van der Waals surface area contributed by atoms with Gasteiger partial charge >= 0.3 is 0 Å². The molecule has 2 saturated heterocycles. The van der Waals surface area contributed by atoms with Crippen molar-refractivity contribution in [1.29, 1.82) is 5.26 Å². The molecule has 4 aromatic rings. The van der Waals surface area contributed by atoms with Gasteiger partial charge in [-0.3, -0.25) is 14.4 Å². The summed E-state index contributed by atoms with van der Waals surface area (Å²) >= 11 is 0. The van der Waals surface area contributed by atoms with Crippen LogP contribution in [0.25, 0.3) is 22.3 Å². The number of halogens is 1. The van der Waals surface area contributed by atoms with Crippen LogP contribution in [0, 0.1) is 17.1 Å². The van der Waals surface area contributed by atoms with Gasteiger partial charge in [-0.05, 0) is 37.1 Å². The van der Waals surface area contributed by atoms with Crippen LogP contribution < -0.4 is 0 Å². The molecule has 0 spiro atoms. The van der Waals surface area contributed by atoms with E-state index in [0.717, 1.165) is 48.2 Å². The van der Waals surface area contributed by atoms with E-state index in [-0.39, 0.29) is 11.4 Å². The summed E-state index contributed by atoms with van der Waals surface area (Å²) in [5.41, 5.74) is 2.48. The number of rotatable bonds is 5. The van der Waals surface area contributed by atoms with Crippen LogP contribution in [0.5, 0.6) is 0 Å². The van der Waals surface area contributed by atoms with E-state index in [1.807, 2.05) is 23.1 Å². The molecule has 0 radical (unpaired) electrons. The molecule has 5 heterocycles. The van der Waals surface area contributed by atoms with Gasteiger partial charge in [0.05, 0.1) is 24.4 Å². The lowest BCUT2D eigenvalue weighted by atomic mass is 9.83. The van der Waals surface area contributed by atoms with E-state index in [0.29, 0.717) is 31.1 Å². The fraction of sp³-hybridized carbons (Fsp3) is 0.346. The van der Waals surface area contributed by atoms with E-state index >= 15 is 0 Å². The van der Waals surface area contributed by atoms with Gasteiger partial charge in [-0.2, -0.15) is 10.4 Å². The van der Waals surface area contributed by atoms with E-state index in [1.165, 1.54) is 18.5 Å². The van der Waals surface area contributed by atoms with Crippen LogP contribution in [0.3, 0.4) is 0 Å². The highest BCUT2D eigenvalue weighted by molar-refractivity contribution is 5.94. The number of nitrogens with one attached hydrogen (secondary N) is 1. The minimum absolute atomic E-state index is 0.124. The van der Waals surface area contributed by atoms with Gasteiger partial charge < -0.3 is 9.88 Å². The van der Waals surface area contributed by atoms with Crippen molar-refractivity contribution in [3.05, 3.63) is 66.6 Å². The summed E-state index contributed by atoms with van der Waals surface area (Å²) in [6.07, 6.45) is 9.21. The van der Waals surface area contributed by atoms with Crippen molar-refractivity contribution in [2.24, 2.45) is 0 Å². The number of piperidine rings is 1. The number of hydrogen-bond donors (Lipinski definition) is 1. The predicted octanol–water partition coefficient (Wildman–Crippen LogP) is 3.19. The Morgan fingerprint density at radius 2 is 2.06 bits per heavy atom. The smallest absolute Gasteiger partial charge is 0.253 e. The Kier molecular flexibility index (Phi) is 5.49. The number of benzene rings is 1. The molecule has 10 heteroatoms. The van der Waals surface area contributed by atoms with Gasteiger partial charge in [0.1, 0.15) is 23.3 Å². The van der Waals surface area contributed by atoms with E-state index in [9.17, 15) is 14.4 Å². The number of H-pyrrole nitrogens is 1. The highest BCUT2D eigenvalue weighted by Crippen LogP contribution is 2.37. The monoisotopic (exact) mass is 484 g/mol. The van der Waals surface area contributed by atoms with Gasteiger partial charge in [-0.1, -0.05) is 6.07 Å². The van der Waals surface area contributed by atoms with Crippen LogP contribution in [0.4, 0.5) is 4.39 Å². The second-order valence-corrected chi connectivity index (χ2v) is 9.63. The van der Waals surface area contributed by atoms with Gasteiger partial charge in [-0.15, -0.1) is 0 Å². The number of nitrogens with zero attached hydrogens (tertiary/aromatic N) is 7. The first-order chi connectivity index (χ1) is 17.6. The summed E-state index contributed by atoms with van der Waals surface area (Å²) in [6, 6.07) is 10.5. The normalized spacial score (nSPS) is 18.2. The zero-order chi connectivity index (χ0) is 24.7. The topological polar surface area (TPSA) is 107 Å². The molecular formula is C26H25FN8O. The van der Waals surface area contributed by atoms with Crippen molar-refractivity contribution < 1.29 is 9.18 Å². The first kappa shape index (κ1) is 22.4. The van der Waals surface area contributed by atoms with Crippen molar-refractivity contribution in [1.82, 2.24) is 34.5 Å². The third-order valence-corrected chi connectivity index (χ3v) is 7.44. The minimum Gasteiger partial charge on any atom is -0.346 e. The van der Waals surface area contributed by atoms with E-state index in [1.54, 1.807) is 23.2 Å². The van der Waals surface area contributed by atoms with E-state index in [2.05, 4.69) is 31.0 Å². The van der Waals surface area contributed by atoms with Crippen LogP contribution in [0.15, 0.2) is 55.2 Å². The fourth-order valence-corrected chi connectivity index (χ4v) is 5.50. The standard InChI is InChI=1S/C26H25FN8O/c27-20-3-1-2-18(12-20)25(36)33-10-5-21(6-11-33)34-15-26(16-34,7-8-28)35-14-19(13-32-35)23-22-4-9-29-24(22)31-17-30-23/h1-4,9,12-14,17,21H,5-7,10-11,15-16H2,(H,29,30,31). The molecule has 36 heavy (non-hydrogen) atoms. The SMILES string of the molecule is N#CCC1(n2cc(-c3ncnc4[nH]ccc34)cn2)CN(C2CCN(C(=O)c3cccc(F)c3)CC2)C1. The van der Waals surface area contributed by atoms with Gasteiger partial charge in [0.25, 0.3) is 5.91 Å². The minimum atomic E-state index is -0.399. The third kappa shape index (κ3) is 3.82. The number of nitriles is 1. The molecule has 3 aromatic heterocycles. The van der Waals surface area contributed by atoms with E-state index in [4.69, 9.17) is 0 Å². The molecule has 1 aromatic carbocycles. The Hall–Kier alpha value is -4.10. The second-order valence-electron chi connectivity index (χ2n) is 9.63. The summed E-state index contributed by atoms with van der Waals surface area (Å²) in [6.45, 7) is 2.73. The van der Waals surface area contributed by atoms with Crippen LogP contribution >= 0.6 is 0 Å². The fourth-order valence-electron chi connectivity index (χ4n) is 5.50. The Bertz CT molecular complexity index is 1460. The van der Waals surface area contributed by atoms with Gasteiger partial charge in [0, 0.05) is 61.1 Å². The predicted molar refractivity (Wildman–Crippen MR) is 130 cm³/mol. The Labute approximate surface area is 207 Å². The van der Waals surface area contributed by atoms with E-state index < -0.39 is 5.82 Å². The molecule has 1 amide bonds. The molecule has 2 aliphatic rings. The number of carbonyl (C=O) groups is 1. The summed E-state index contributed by atoms with van der Waals surface area (Å²) in [7, 11) is 0. The average Bonchev–Trinajstić information content (AvgIpc) is 3.56. The summed E-state index contributed by atoms with van der Waals surface area (Å²) in [5, 5.41) is 15.1. The average molecular weight is 485 g/mol. The van der Waals surface area contributed by atoms with Crippen LogP contribution in [0.2, 0.25) is 0 Å². The Balaban J connectivity index is 1.13. The molecule has 6 rings (SSSR count). The molecule has 9 nitrogen and oxygen atoms in total. The maximum atomic E-state index is 13.5. The molecule has 0 unspecified atom stereocenters. The molecule has 0 saturated carbocycles. The lowest BCUT2D eigenvalue weighted by Crippen LogP contribution is -2.66. The van der Waals surface area contributed by atoms with Crippen LogP contribution in [-0.2, 0) is 5.54 Å².